The van der Waals surface area contributed by atoms with E-state index in [1.54, 1.807) is 0 Å². The summed E-state index contributed by atoms with van der Waals surface area (Å²) in [6.45, 7) is 0.868. The SMILES string of the molecule is CN1C2CCCC1CC(NCc1ccc(C(N)=O)cc1)C2. The summed E-state index contributed by atoms with van der Waals surface area (Å²) in [5.74, 6) is -0.363. The number of piperidine rings is 2. The molecule has 2 saturated heterocycles. The summed E-state index contributed by atoms with van der Waals surface area (Å²) in [7, 11) is 2.28. The van der Waals surface area contributed by atoms with Crippen molar-refractivity contribution in [3.8, 4) is 0 Å². The molecular weight excluding hydrogens is 262 g/mol. The zero-order valence-electron chi connectivity index (χ0n) is 12.7. The highest BCUT2D eigenvalue weighted by Crippen LogP contribution is 2.32. The quantitative estimate of drug-likeness (QED) is 0.889. The largest absolute Gasteiger partial charge is 0.366 e. The number of nitrogens with two attached hydrogens (primary N) is 1. The number of carbonyl (C=O) groups excluding carboxylic acids is 1. The van der Waals surface area contributed by atoms with Gasteiger partial charge in [0, 0.05) is 30.2 Å². The van der Waals surface area contributed by atoms with Gasteiger partial charge in [-0.1, -0.05) is 18.6 Å². The zero-order chi connectivity index (χ0) is 14.8. The number of nitrogens with zero attached hydrogens (tertiary/aromatic N) is 1. The summed E-state index contributed by atoms with van der Waals surface area (Å²) in [6.07, 6.45) is 6.59. The van der Waals surface area contributed by atoms with Crippen molar-refractivity contribution in [1.29, 1.82) is 0 Å². The van der Waals surface area contributed by atoms with E-state index in [9.17, 15) is 4.79 Å². The van der Waals surface area contributed by atoms with Crippen molar-refractivity contribution in [2.45, 2.75) is 56.8 Å². The Balaban J connectivity index is 1.54. The maximum absolute atomic E-state index is 11.1. The maximum Gasteiger partial charge on any atom is 0.248 e. The van der Waals surface area contributed by atoms with Gasteiger partial charge >= 0.3 is 0 Å². The molecule has 2 bridgehead atoms. The summed E-state index contributed by atoms with van der Waals surface area (Å²) in [4.78, 5) is 13.6. The molecule has 21 heavy (non-hydrogen) atoms. The van der Waals surface area contributed by atoms with Gasteiger partial charge in [-0.05, 0) is 50.4 Å². The minimum atomic E-state index is -0.363. The van der Waals surface area contributed by atoms with Gasteiger partial charge in [-0.25, -0.2) is 0 Å². The van der Waals surface area contributed by atoms with Crippen LogP contribution in [0.1, 0.15) is 48.0 Å². The summed E-state index contributed by atoms with van der Waals surface area (Å²) in [5, 5.41) is 3.69. The molecule has 0 spiro atoms. The van der Waals surface area contributed by atoms with Gasteiger partial charge in [0.15, 0.2) is 0 Å². The number of nitrogens with one attached hydrogen (secondary N) is 1. The number of carbonyl (C=O) groups is 1. The van der Waals surface area contributed by atoms with Crippen LogP contribution in [0.4, 0.5) is 0 Å². The van der Waals surface area contributed by atoms with Crippen LogP contribution in [0.5, 0.6) is 0 Å². The lowest BCUT2D eigenvalue weighted by molar-refractivity contribution is 0.0482. The molecule has 2 fully saturated rings. The lowest BCUT2D eigenvalue weighted by atomic mass is 9.82. The summed E-state index contributed by atoms with van der Waals surface area (Å²) < 4.78 is 0. The first kappa shape index (κ1) is 14.5. The van der Waals surface area contributed by atoms with Crippen molar-refractivity contribution in [1.82, 2.24) is 10.2 Å². The van der Waals surface area contributed by atoms with Gasteiger partial charge in [0.1, 0.15) is 0 Å². The number of benzene rings is 1. The molecule has 2 aliphatic rings. The monoisotopic (exact) mass is 287 g/mol. The maximum atomic E-state index is 11.1. The number of hydrogen-bond acceptors (Lipinski definition) is 3. The number of hydrogen-bond donors (Lipinski definition) is 2. The summed E-state index contributed by atoms with van der Waals surface area (Å²) >= 11 is 0. The summed E-state index contributed by atoms with van der Waals surface area (Å²) in [6, 6.07) is 9.73. The molecule has 0 radical (unpaired) electrons. The van der Waals surface area contributed by atoms with Crippen LogP contribution in [0.25, 0.3) is 0 Å². The van der Waals surface area contributed by atoms with Gasteiger partial charge in [-0.3, -0.25) is 4.79 Å². The van der Waals surface area contributed by atoms with Crippen LogP contribution in [0.15, 0.2) is 24.3 Å². The topological polar surface area (TPSA) is 58.4 Å². The highest BCUT2D eigenvalue weighted by molar-refractivity contribution is 5.92. The highest BCUT2D eigenvalue weighted by atomic mass is 16.1. The average molecular weight is 287 g/mol. The van der Waals surface area contributed by atoms with E-state index < -0.39 is 0 Å². The molecule has 1 amide bonds. The Kier molecular flexibility index (Phi) is 4.27. The molecule has 1 aromatic rings. The van der Waals surface area contributed by atoms with Crippen molar-refractivity contribution in [2.24, 2.45) is 5.73 Å². The Morgan fingerprint density at radius 3 is 2.43 bits per heavy atom. The number of rotatable bonds is 4. The van der Waals surface area contributed by atoms with Gasteiger partial charge in [0.2, 0.25) is 5.91 Å². The van der Waals surface area contributed by atoms with Crippen molar-refractivity contribution in [2.75, 3.05) is 7.05 Å². The molecule has 0 aromatic heterocycles. The van der Waals surface area contributed by atoms with Gasteiger partial charge in [-0.2, -0.15) is 0 Å². The number of primary amides is 1. The van der Waals surface area contributed by atoms with E-state index in [1.165, 1.54) is 37.7 Å². The predicted octanol–water partition coefficient (Wildman–Crippen LogP) is 1.89. The first-order chi connectivity index (χ1) is 10.1. The molecule has 3 N–H and O–H groups in total. The van der Waals surface area contributed by atoms with Gasteiger partial charge < -0.3 is 16.0 Å². The van der Waals surface area contributed by atoms with Crippen LogP contribution < -0.4 is 11.1 Å². The average Bonchev–Trinajstić information content (AvgIpc) is 2.46. The fraction of sp³-hybridized carbons (Fsp3) is 0.588. The second-order valence-corrected chi connectivity index (χ2v) is 6.51. The van der Waals surface area contributed by atoms with Gasteiger partial charge in [-0.15, -0.1) is 0 Å². The second-order valence-electron chi connectivity index (χ2n) is 6.51. The molecule has 2 heterocycles. The van der Waals surface area contributed by atoms with E-state index in [-0.39, 0.29) is 5.91 Å². The van der Waals surface area contributed by atoms with Gasteiger partial charge in [0.05, 0.1) is 0 Å². The minimum absolute atomic E-state index is 0.363. The first-order valence-electron chi connectivity index (χ1n) is 7.97. The second kappa shape index (κ2) is 6.16. The highest BCUT2D eigenvalue weighted by Gasteiger charge is 2.35. The molecule has 2 aliphatic heterocycles. The zero-order valence-corrected chi connectivity index (χ0v) is 12.7. The minimum Gasteiger partial charge on any atom is -0.366 e. The molecule has 114 valence electrons. The molecule has 2 unspecified atom stereocenters. The third-order valence-corrected chi connectivity index (χ3v) is 5.17. The van der Waals surface area contributed by atoms with E-state index in [2.05, 4.69) is 17.3 Å². The Hall–Kier alpha value is -1.39. The van der Waals surface area contributed by atoms with Crippen LogP contribution in [0.2, 0.25) is 0 Å². The first-order valence-corrected chi connectivity index (χ1v) is 7.97. The molecule has 3 rings (SSSR count). The molecule has 0 aliphatic carbocycles. The molecule has 4 heteroatoms. The van der Waals surface area contributed by atoms with Crippen LogP contribution in [0, 0.1) is 0 Å². The van der Waals surface area contributed by atoms with Crippen molar-refractivity contribution >= 4 is 5.91 Å². The van der Waals surface area contributed by atoms with Crippen LogP contribution >= 0.6 is 0 Å². The molecule has 1 aromatic carbocycles. The third kappa shape index (κ3) is 3.27. The Bertz CT molecular complexity index is 485. The van der Waals surface area contributed by atoms with Crippen molar-refractivity contribution in [3.63, 3.8) is 0 Å². The van der Waals surface area contributed by atoms with Crippen molar-refractivity contribution < 1.29 is 4.79 Å². The Morgan fingerprint density at radius 1 is 1.24 bits per heavy atom. The van der Waals surface area contributed by atoms with E-state index in [1.807, 2.05) is 24.3 Å². The summed E-state index contributed by atoms with van der Waals surface area (Å²) in [5.41, 5.74) is 7.05. The number of amides is 1. The fourth-order valence-electron chi connectivity index (χ4n) is 3.83. The van der Waals surface area contributed by atoms with Gasteiger partial charge in [0.25, 0.3) is 0 Å². The van der Waals surface area contributed by atoms with E-state index >= 15 is 0 Å². The molecule has 0 saturated carbocycles. The van der Waals surface area contributed by atoms with Crippen LogP contribution in [-0.2, 0) is 6.54 Å². The van der Waals surface area contributed by atoms with E-state index in [0.29, 0.717) is 11.6 Å². The van der Waals surface area contributed by atoms with Crippen molar-refractivity contribution in [3.05, 3.63) is 35.4 Å². The molecule has 2 atom stereocenters. The molecule has 4 nitrogen and oxygen atoms in total. The van der Waals surface area contributed by atoms with Crippen LogP contribution in [-0.4, -0.2) is 36.0 Å². The van der Waals surface area contributed by atoms with E-state index in [0.717, 1.165) is 18.6 Å². The standard InChI is InChI=1S/C17H25N3O/c1-20-15-3-2-4-16(20)10-14(9-15)19-11-12-5-7-13(8-6-12)17(18)21/h5-8,14-16,19H,2-4,9-11H2,1H3,(H2,18,21). The number of fused-ring (bicyclic) bond motifs is 2. The predicted molar refractivity (Wildman–Crippen MR) is 84.0 cm³/mol. The lowest BCUT2D eigenvalue weighted by Gasteiger charge is -2.47. The smallest absolute Gasteiger partial charge is 0.248 e. The molecular formula is C17H25N3O. The fourth-order valence-corrected chi connectivity index (χ4v) is 3.83. The van der Waals surface area contributed by atoms with Crippen LogP contribution in [0.3, 0.4) is 0 Å². The lowest BCUT2D eigenvalue weighted by Crippen LogP contribution is -2.54. The van der Waals surface area contributed by atoms with E-state index in [4.69, 9.17) is 5.73 Å². The normalized spacial score (nSPS) is 29.3. The Morgan fingerprint density at radius 2 is 1.86 bits per heavy atom. The Labute approximate surface area is 126 Å². The third-order valence-electron chi connectivity index (χ3n) is 5.17.